The summed E-state index contributed by atoms with van der Waals surface area (Å²) in [6.45, 7) is 5.08. The molecule has 3 aromatic rings. The molecule has 1 aliphatic heterocycles. The van der Waals surface area contributed by atoms with Crippen LogP contribution >= 0.6 is 24.8 Å². The molecule has 0 atom stereocenters. The van der Waals surface area contributed by atoms with Crippen LogP contribution in [0.3, 0.4) is 0 Å². The number of rotatable bonds is 6. The van der Waals surface area contributed by atoms with Gasteiger partial charge < -0.3 is 19.4 Å². The maximum atomic E-state index is 12.9. The Balaban J connectivity index is 0.00000171. The van der Waals surface area contributed by atoms with Crippen LogP contribution in [-0.2, 0) is 6.61 Å². The van der Waals surface area contributed by atoms with E-state index in [4.69, 9.17) is 4.74 Å². The van der Waals surface area contributed by atoms with Crippen LogP contribution in [0.1, 0.15) is 34.5 Å². The van der Waals surface area contributed by atoms with E-state index in [1.54, 1.807) is 0 Å². The number of imidazole rings is 1. The molecule has 1 fully saturated rings. The van der Waals surface area contributed by atoms with Gasteiger partial charge in [0.1, 0.15) is 18.0 Å². The molecule has 6 nitrogen and oxygen atoms in total. The van der Waals surface area contributed by atoms with Gasteiger partial charge in [0.2, 0.25) is 0 Å². The number of carbonyl (C=O) groups is 1. The summed E-state index contributed by atoms with van der Waals surface area (Å²) in [4.78, 5) is 19.4. The van der Waals surface area contributed by atoms with E-state index in [1.807, 2.05) is 65.1 Å². The third-order valence-electron chi connectivity index (χ3n) is 5.51. The first-order valence-corrected chi connectivity index (χ1v) is 10.2. The van der Waals surface area contributed by atoms with Crippen LogP contribution in [0.2, 0.25) is 0 Å². The van der Waals surface area contributed by atoms with E-state index >= 15 is 0 Å². The predicted molar refractivity (Wildman–Crippen MR) is 128 cm³/mol. The van der Waals surface area contributed by atoms with Crippen LogP contribution in [0.5, 0.6) is 5.75 Å². The van der Waals surface area contributed by atoms with Crippen LogP contribution in [0.4, 0.5) is 0 Å². The van der Waals surface area contributed by atoms with Crippen LogP contribution in [0.15, 0.2) is 48.8 Å². The van der Waals surface area contributed by atoms with Crippen LogP contribution in [0, 0.1) is 12.8 Å². The minimum atomic E-state index is 0. The lowest BCUT2D eigenvalue weighted by Gasteiger charge is -2.32. The Hall–Kier alpha value is -2.28. The Kier molecular flexibility index (Phi) is 9.16. The molecule has 168 valence electrons. The molecule has 0 radical (unpaired) electrons. The number of likely N-dealkylation sites (tertiary alicyclic amines) is 1. The van der Waals surface area contributed by atoms with E-state index in [0.717, 1.165) is 43.8 Å². The number of carbonyl (C=O) groups excluding carboxylic acids is 1. The SMILES string of the molecule is CNCC1CCN(C(=O)c2cccc(OCc3cn4cc(C)ccc4n3)c2)CC1.Cl.Cl. The summed E-state index contributed by atoms with van der Waals surface area (Å²) >= 11 is 0. The fourth-order valence-corrected chi connectivity index (χ4v) is 3.91. The van der Waals surface area contributed by atoms with Crippen molar-refractivity contribution >= 4 is 36.4 Å². The molecule has 8 heteroatoms. The molecule has 0 spiro atoms. The van der Waals surface area contributed by atoms with Gasteiger partial charge in [-0.25, -0.2) is 4.98 Å². The summed E-state index contributed by atoms with van der Waals surface area (Å²) in [5, 5.41) is 3.23. The van der Waals surface area contributed by atoms with Gasteiger partial charge in [-0.2, -0.15) is 0 Å². The van der Waals surface area contributed by atoms with Gasteiger partial charge in [-0.1, -0.05) is 12.1 Å². The molecule has 2 aromatic heterocycles. The summed E-state index contributed by atoms with van der Waals surface area (Å²) < 4.78 is 7.93. The largest absolute Gasteiger partial charge is 0.487 e. The zero-order valence-corrected chi connectivity index (χ0v) is 19.5. The van der Waals surface area contributed by atoms with Gasteiger partial charge >= 0.3 is 0 Å². The predicted octanol–water partition coefficient (Wildman–Crippen LogP) is 4.14. The van der Waals surface area contributed by atoms with E-state index in [1.165, 1.54) is 5.56 Å². The Morgan fingerprint density at radius 3 is 2.68 bits per heavy atom. The van der Waals surface area contributed by atoms with Crippen molar-refractivity contribution in [2.45, 2.75) is 26.4 Å². The Morgan fingerprint density at radius 1 is 1.16 bits per heavy atom. The normalized spacial score (nSPS) is 14.1. The molecule has 0 aliphatic carbocycles. The van der Waals surface area contributed by atoms with Crippen molar-refractivity contribution in [1.29, 1.82) is 0 Å². The second-order valence-electron chi connectivity index (χ2n) is 7.81. The summed E-state index contributed by atoms with van der Waals surface area (Å²) in [6.07, 6.45) is 6.13. The number of benzene rings is 1. The average Bonchev–Trinajstić information content (AvgIpc) is 3.15. The maximum absolute atomic E-state index is 12.9. The maximum Gasteiger partial charge on any atom is 0.253 e. The quantitative estimate of drug-likeness (QED) is 0.595. The smallest absolute Gasteiger partial charge is 0.253 e. The molecule has 0 bridgehead atoms. The zero-order chi connectivity index (χ0) is 20.2. The highest BCUT2D eigenvalue weighted by Crippen LogP contribution is 2.21. The van der Waals surface area contributed by atoms with Crippen LogP contribution in [-0.4, -0.2) is 46.9 Å². The first-order chi connectivity index (χ1) is 14.1. The number of ether oxygens (including phenoxy) is 1. The highest BCUT2D eigenvalue weighted by atomic mass is 35.5. The molecular formula is C23H30Cl2N4O2. The minimum Gasteiger partial charge on any atom is -0.487 e. The number of fused-ring (bicyclic) bond motifs is 1. The van der Waals surface area contributed by atoms with Crippen LogP contribution in [0.25, 0.3) is 5.65 Å². The topological polar surface area (TPSA) is 58.9 Å². The summed E-state index contributed by atoms with van der Waals surface area (Å²) in [7, 11) is 1.98. The molecule has 1 saturated heterocycles. The van der Waals surface area contributed by atoms with Gasteiger partial charge in [0, 0.05) is 31.0 Å². The number of aromatic nitrogens is 2. The number of amides is 1. The minimum absolute atomic E-state index is 0. The van der Waals surface area contributed by atoms with Gasteiger partial charge in [0.25, 0.3) is 5.91 Å². The first-order valence-electron chi connectivity index (χ1n) is 10.2. The molecule has 3 heterocycles. The Labute approximate surface area is 195 Å². The third-order valence-corrected chi connectivity index (χ3v) is 5.51. The van der Waals surface area contributed by atoms with E-state index in [0.29, 0.717) is 23.8 Å². The number of nitrogens with one attached hydrogen (secondary N) is 1. The van der Waals surface area contributed by atoms with Crippen molar-refractivity contribution in [2.24, 2.45) is 5.92 Å². The van der Waals surface area contributed by atoms with Crippen molar-refractivity contribution in [3.8, 4) is 5.75 Å². The molecule has 0 unspecified atom stereocenters. The lowest BCUT2D eigenvalue weighted by Crippen LogP contribution is -2.40. The van der Waals surface area contributed by atoms with Crippen molar-refractivity contribution < 1.29 is 9.53 Å². The summed E-state index contributed by atoms with van der Waals surface area (Å²) in [5.41, 5.74) is 3.63. The van der Waals surface area contributed by atoms with Crippen molar-refractivity contribution in [2.75, 3.05) is 26.7 Å². The lowest BCUT2D eigenvalue weighted by atomic mass is 9.96. The van der Waals surface area contributed by atoms with Gasteiger partial charge in [0.05, 0.1) is 5.69 Å². The lowest BCUT2D eigenvalue weighted by molar-refractivity contribution is 0.0690. The fraction of sp³-hybridized carbons (Fsp3) is 0.391. The molecule has 1 amide bonds. The third kappa shape index (κ3) is 6.12. The van der Waals surface area contributed by atoms with Gasteiger partial charge in [0.15, 0.2) is 0 Å². The Bertz CT molecular complexity index is 1000. The highest BCUT2D eigenvalue weighted by Gasteiger charge is 2.23. The molecule has 1 N–H and O–H groups in total. The molecule has 1 aromatic carbocycles. The molecule has 1 aliphatic rings. The second kappa shape index (κ2) is 11.4. The van der Waals surface area contributed by atoms with Crippen molar-refractivity contribution in [1.82, 2.24) is 19.6 Å². The number of hydrogen-bond donors (Lipinski definition) is 1. The van der Waals surface area contributed by atoms with E-state index in [-0.39, 0.29) is 30.7 Å². The Morgan fingerprint density at radius 2 is 1.94 bits per heavy atom. The summed E-state index contributed by atoms with van der Waals surface area (Å²) in [6, 6.07) is 11.5. The number of nitrogens with zero attached hydrogens (tertiary/aromatic N) is 3. The number of halogens is 2. The molecule has 4 rings (SSSR count). The monoisotopic (exact) mass is 464 g/mol. The molecule has 0 saturated carbocycles. The van der Waals surface area contributed by atoms with E-state index < -0.39 is 0 Å². The number of piperidine rings is 1. The number of hydrogen-bond acceptors (Lipinski definition) is 4. The van der Waals surface area contributed by atoms with E-state index in [9.17, 15) is 4.79 Å². The standard InChI is InChI=1S/C23H28N4O2.2ClH/c1-17-6-7-22-25-20(15-27(22)14-17)16-29-21-5-3-4-19(12-21)23(28)26-10-8-18(9-11-26)13-24-2;;/h3-7,12,14-15,18,24H,8-11,13,16H2,1-2H3;2*1H. The zero-order valence-electron chi connectivity index (χ0n) is 17.9. The van der Waals surface area contributed by atoms with E-state index in [2.05, 4.69) is 17.2 Å². The molecular weight excluding hydrogens is 435 g/mol. The van der Waals surface area contributed by atoms with Gasteiger partial charge in [-0.05, 0) is 69.1 Å². The number of aryl methyl sites for hydroxylation is 1. The highest BCUT2D eigenvalue weighted by molar-refractivity contribution is 5.94. The molecule has 31 heavy (non-hydrogen) atoms. The summed E-state index contributed by atoms with van der Waals surface area (Å²) in [5.74, 6) is 1.43. The van der Waals surface area contributed by atoms with Crippen molar-refractivity contribution in [3.63, 3.8) is 0 Å². The fourth-order valence-electron chi connectivity index (χ4n) is 3.91. The second-order valence-corrected chi connectivity index (χ2v) is 7.81. The average molecular weight is 465 g/mol. The number of pyridine rings is 1. The van der Waals surface area contributed by atoms with Gasteiger partial charge in [-0.3, -0.25) is 4.79 Å². The first kappa shape index (κ1) is 25.0. The van der Waals surface area contributed by atoms with Crippen molar-refractivity contribution in [3.05, 3.63) is 65.6 Å². The van der Waals surface area contributed by atoms with Crippen LogP contribution < -0.4 is 10.1 Å². The van der Waals surface area contributed by atoms with Gasteiger partial charge in [-0.15, -0.1) is 24.8 Å².